The number of hydrogen-bond acceptors (Lipinski definition) is 3. The first-order valence-electron chi connectivity index (χ1n) is 7.26. The van der Waals surface area contributed by atoms with Crippen LogP contribution in [0.4, 0.5) is 0 Å². The number of nitrogens with zero attached hydrogens (tertiary/aromatic N) is 1. The number of hydrogen-bond donors (Lipinski definition) is 0. The van der Waals surface area contributed by atoms with Crippen molar-refractivity contribution in [3.8, 4) is 10.6 Å². The number of aromatic nitrogens is 1. The van der Waals surface area contributed by atoms with Gasteiger partial charge >= 0.3 is 0 Å². The number of halogens is 1. The van der Waals surface area contributed by atoms with E-state index in [1.807, 2.05) is 23.5 Å². The number of benzene rings is 3. The van der Waals surface area contributed by atoms with Gasteiger partial charge < -0.3 is 0 Å². The van der Waals surface area contributed by atoms with Crippen LogP contribution in [0.1, 0.15) is 0 Å². The summed E-state index contributed by atoms with van der Waals surface area (Å²) in [7, 11) is 0. The second-order valence-corrected chi connectivity index (χ2v) is 7.93. The molecule has 110 valence electrons. The minimum Gasteiger partial charge on any atom is -0.236 e. The first-order valence-corrected chi connectivity index (χ1v) is 9.27. The van der Waals surface area contributed by atoms with E-state index in [1.165, 1.54) is 30.4 Å². The molecular formula is C19H10ClNS2. The molecule has 0 aliphatic rings. The zero-order chi connectivity index (χ0) is 15.4. The Kier molecular flexibility index (Phi) is 2.95. The second kappa shape index (κ2) is 5.03. The van der Waals surface area contributed by atoms with Crippen molar-refractivity contribution in [2.75, 3.05) is 0 Å². The summed E-state index contributed by atoms with van der Waals surface area (Å²) < 4.78 is 3.81. The minimum atomic E-state index is 0.780. The van der Waals surface area contributed by atoms with Crippen molar-refractivity contribution in [1.29, 1.82) is 0 Å². The lowest BCUT2D eigenvalue weighted by Gasteiger charge is -1.94. The van der Waals surface area contributed by atoms with Crippen LogP contribution < -0.4 is 0 Å². The summed E-state index contributed by atoms with van der Waals surface area (Å²) in [5, 5.41) is 4.35. The molecule has 0 amide bonds. The Morgan fingerprint density at radius 2 is 1.65 bits per heavy atom. The average molecular weight is 352 g/mol. The molecule has 2 aromatic heterocycles. The first-order chi connectivity index (χ1) is 11.3. The highest BCUT2D eigenvalue weighted by molar-refractivity contribution is 7.28. The molecule has 4 heteroatoms. The highest BCUT2D eigenvalue weighted by Gasteiger charge is 2.13. The Bertz CT molecular complexity index is 1170. The molecule has 0 aliphatic carbocycles. The van der Waals surface area contributed by atoms with Crippen molar-refractivity contribution in [1.82, 2.24) is 4.98 Å². The summed E-state index contributed by atoms with van der Waals surface area (Å²) in [5.74, 6) is 0. The Morgan fingerprint density at radius 1 is 0.826 bits per heavy atom. The topological polar surface area (TPSA) is 12.9 Å². The van der Waals surface area contributed by atoms with E-state index in [9.17, 15) is 0 Å². The van der Waals surface area contributed by atoms with Gasteiger partial charge in [0, 0.05) is 30.8 Å². The van der Waals surface area contributed by atoms with E-state index in [0.29, 0.717) is 0 Å². The SMILES string of the molecule is Clc1ccc2sc3ccc4nc(-c5ccccc5)sc4c3c2c1. The van der Waals surface area contributed by atoms with Crippen molar-refractivity contribution in [2.45, 2.75) is 0 Å². The summed E-state index contributed by atoms with van der Waals surface area (Å²) >= 11 is 9.79. The average Bonchev–Trinajstić information content (AvgIpc) is 3.16. The van der Waals surface area contributed by atoms with Gasteiger partial charge in [0.2, 0.25) is 0 Å². The van der Waals surface area contributed by atoms with E-state index in [2.05, 4.69) is 48.5 Å². The van der Waals surface area contributed by atoms with E-state index < -0.39 is 0 Å². The lowest BCUT2D eigenvalue weighted by Crippen LogP contribution is -1.73. The highest BCUT2D eigenvalue weighted by Crippen LogP contribution is 2.42. The van der Waals surface area contributed by atoms with Gasteiger partial charge in [0.1, 0.15) is 5.01 Å². The molecular weight excluding hydrogens is 342 g/mol. The second-order valence-electron chi connectivity index (χ2n) is 5.41. The molecule has 2 heterocycles. The fourth-order valence-corrected chi connectivity index (χ4v) is 5.39. The summed E-state index contributed by atoms with van der Waals surface area (Å²) in [5.41, 5.74) is 2.22. The fourth-order valence-electron chi connectivity index (χ4n) is 2.92. The van der Waals surface area contributed by atoms with E-state index in [1.54, 1.807) is 11.3 Å². The van der Waals surface area contributed by atoms with Crippen LogP contribution in [0.25, 0.3) is 41.0 Å². The Labute approximate surface area is 145 Å². The van der Waals surface area contributed by atoms with Crippen molar-refractivity contribution in [2.24, 2.45) is 0 Å². The third-order valence-corrected chi connectivity index (χ3v) is 6.48. The molecule has 5 aromatic rings. The van der Waals surface area contributed by atoms with Gasteiger partial charge in [-0.2, -0.15) is 0 Å². The molecule has 0 atom stereocenters. The van der Waals surface area contributed by atoms with Gasteiger partial charge in [-0.1, -0.05) is 41.9 Å². The van der Waals surface area contributed by atoms with E-state index >= 15 is 0 Å². The quantitative estimate of drug-likeness (QED) is 0.317. The van der Waals surface area contributed by atoms with Crippen molar-refractivity contribution < 1.29 is 0 Å². The Hall–Kier alpha value is -1.94. The number of thiazole rings is 1. The molecule has 3 aromatic carbocycles. The predicted octanol–water partition coefficient (Wildman–Crippen LogP) is 6.98. The van der Waals surface area contributed by atoms with Crippen molar-refractivity contribution in [3.05, 3.63) is 65.7 Å². The number of fused-ring (bicyclic) bond motifs is 5. The monoisotopic (exact) mass is 351 g/mol. The van der Waals surface area contributed by atoms with Crippen molar-refractivity contribution >= 4 is 64.7 Å². The van der Waals surface area contributed by atoms with Crippen LogP contribution in [-0.4, -0.2) is 4.98 Å². The molecule has 23 heavy (non-hydrogen) atoms. The molecule has 0 fully saturated rings. The summed E-state index contributed by atoms with van der Waals surface area (Å²) in [6.45, 7) is 0. The van der Waals surface area contributed by atoms with Crippen LogP contribution >= 0.6 is 34.3 Å². The van der Waals surface area contributed by atoms with Gasteiger partial charge in [-0.15, -0.1) is 22.7 Å². The molecule has 0 unspecified atom stereocenters. The van der Waals surface area contributed by atoms with Gasteiger partial charge in [0.05, 0.1) is 10.2 Å². The maximum atomic E-state index is 6.22. The van der Waals surface area contributed by atoms with Gasteiger partial charge in [-0.3, -0.25) is 0 Å². The molecule has 0 saturated carbocycles. The predicted molar refractivity (Wildman–Crippen MR) is 103 cm³/mol. The third kappa shape index (κ3) is 2.08. The van der Waals surface area contributed by atoms with E-state index in [4.69, 9.17) is 16.6 Å². The maximum Gasteiger partial charge on any atom is 0.124 e. The number of rotatable bonds is 1. The van der Waals surface area contributed by atoms with E-state index in [0.717, 1.165) is 15.5 Å². The standard InChI is InChI=1S/C19H10ClNS2/c20-12-6-8-15-13(10-12)17-16(22-15)9-7-14-18(17)23-19(21-14)11-4-2-1-3-5-11/h1-10H. The maximum absolute atomic E-state index is 6.22. The zero-order valence-corrected chi connectivity index (χ0v) is 14.3. The molecule has 0 aliphatic heterocycles. The summed E-state index contributed by atoms with van der Waals surface area (Å²) in [4.78, 5) is 4.83. The Balaban J connectivity index is 1.90. The van der Waals surface area contributed by atoms with Gasteiger partial charge in [-0.05, 0) is 30.3 Å². The molecule has 0 spiro atoms. The third-order valence-electron chi connectivity index (χ3n) is 3.97. The summed E-state index contributed by atoms with van der Waals surface area (Å²) in [6, 6.07) is 20.8. The van der Waals surface area contributed by atoms with Crippen LogP contribution in [0, 0.1) is 0 Å². The molecule has 5 rings (SSSR count). The molecule has 1 nitrogen and oxygen atoms in total. The van der Waals surface area contributed by atoms with Crippen LogP contribution in [0.5, 0.6) is 0 Å². The van der Waals surface area contributed by atoms with Crippen LogP contribution in [0.3, 0.4) is 0 Å². The van der Waals surface area contributed by atoms with Gasteiger partial charge in [-0.25, -0.2) is 4.98 Å². The Morgan fingerprint density at radius 3 is 2.52 bits per heavy atom. The highest BCUT2D eigenvalue weighted by atomic mass is 35.5. The lowest BCUT2D eigenvalue weighted by atomic mass is 10.1. The summed E-state index contributed by atoms with van der Waals surface area (Å²) in [6.07, 6.45) is 0. The molecule has 0 radical (unpaired) electrons. The fraction of sp³-hybridized carbons (Fsp3) is 0. The van der Waals surface area contributed by atoms with Crippen LogP contribution in [0.15, 0.2) is 60.7 Å². The smallest absolute Gasteiger partial charge is 0.124 e. The number of thiophene rings is 1. The zero-order valence-electron chi connectivity index (χ0n) is 11.9. The molecule has 0 saturated heterocycles. The lowest BCUT2D eigenvalue weighted by molar-refractivity contribution is 1.48. The largest absolute Gasteiger partial charge is 0.236 e. The van der Waals surface area contributed by atoms with Crippen LogP contribution in [-0.2, 0) is 0 Å². The minimum absolute atomic E-state index is 0.780. The van der Waals surface area contributed by atoms with Gasteiger partial charge in [0.15, 0.2) is 0 Å². The van der Waals surface area contributed by atoms with Gasteiger partial charge in [0.25, 0.3) is 0 Å². The molecule has 0 bridgehead atoms. The van der Waals surface area contributed by atoms with Crippen LogP contribution in [0.2, 0.25) is 5.02 Å². The van der Waals surface area contributed by atoms with E-state index in [-0.39, 0.29) is 0 Å². The normalized spacial score (nSPS) is 11.7. The van der Waals surface area contributed by atoms with Crippen molar-refractivity contribution in [3.63, 3.8) is 0 Å². The first kappa shape index (κ1) is 13.5. The molecule has 0 N–H and O–H groups in total.